The number of hydrogen-bond donors (Lipinski definition) is 2. The average molecular weight is 354 g/mol. The summed E-state index contributed by atoms with van der Waals surface area (Å²) >= 11 is 0. The van der Waals surface area contributed by atoms with Gasteiger partial charge in [-0.1, -0.05) is 35.9 Å². The summed E-state index contributed by atoms with van der Waals surface area (Å²) in [6.45, 7) is 2.57. The summed E-state index contributed by atoms with van der Waals surface area (Å²) in [5.41, 5.74) is 1.68. The summed E-state index contributed by atoms with van der Waals surface area (Å²) in [5.74, 6) is -1.97. The van der Waals surface area contributed by atoms with Gasteiger partial charge in [0.15, 0.2) is 5.69 Å². The molecule has 0 spiro atoms. The predicted octanol–water partition coefficient (Wildman–Crippen LogP) is 3.93. The normalized spacial score (nSPS) is 10.4. The Morgan fingerprint density at radius 1 is 1.00 bits per heavy atom. The van der Waals surface area contributed by atoms with Gasteiger partial charge in [-0.15, -0.1) is 10.2 Å². The number of rotatable bonds is 5. The molecule has 1 aromatic heterocycles. The van der Waals surface area contributed by atoms with Crippen molar-refractivity contribution in [1.82, 2.24) is 10.2 Å². The Morgan fingerprint density at radius 3 is 2.38 bits per heavy atom. The minimum absolute atomic E-state index is 0.0474. The van der Waals surface area contributed by atoms with Crippen molar-refractivity contribution >= 4 is 17.4 Å². The standard InChI is InChI=1S/C19H16F2N4O/c1-12-4-2-5-13(10-12)11-22-17-9-8-16(24-25-17)19(26)23-18-14(20)6-3-7-15(18)21/h2-10H,11H2,1H3,(H,22,25)(H,23,26). The molecule has 0 atom stereocenters. The minimum atomic E-state index is -0.859. The zero-order valence-corrected chi connectivity index (χ0v) is 14.0. The highest BCUT2D eigenvalue weighted by atomic mass is 19.1. The van der Waals surface area contributed by atoms with Gasteiger partial charge in [0.1, 0.15) is 23.1 Å². The number of nitrogens with one attached hydrogen (secondary N) is 2. The van der Waals surface area contributed by atoms with Crippen LogP contribution in [-0.2, 0) is 6.54 Å². The largest absolute Gasteiger partial charge is 0.365 e. The van der Waals surface area contributed by atoms with Gasteiger partial charge in [0.2, 0.25) is 0 Å². The number of para-hydroxylation sites is 1. The Balaban J connectivity index is 1.64. The Bertz CT molecular complexity index is 909. The van der Waals surface area contributed by atoms with Crippen LogP contribution < -0.4 is 10.6 Å². The van der Waals surface area contributed by atoms with Crippen molar-refractivity contribution in [2.75, 3.05) is 10.6 Å². The Labute approximate surface area is 149 Å². The van der Waals surface area contributed by atoms with E-state index in [9.17, 15) is 13.6 Å². The highest BCUT2D eigenvalue weighted by Gasteiger charge is 2.14. The van der Waals surface area contributed by atoms with Gasteiger partial charge in [0.25, 0.3) is 5.91 Å². The number of aromatic nitrogens is 2. The van der Waals surface area contributed by atoms with E-state index in [0.717, 1.165) is 23.3 Å². The molecule has 0 aliphatic carbocycles. The van der Waals surface area contributed by atoms with E-state index >= 15 is 0 Å². The van der Waals surface area contributed by atoms with Crippen LogP contribution in [0.1, 0.15) is 21.6 Å². The van der Waals surface area contributed by atoms with E-state index in [1.54, 1.807) is 6.07 Å². The maximum atomic E-state index is 13.6. The van der Waals surface area contributed by atoms with Crippen LogP contribution in [0, 0.1) is 18.6 Å². The highest BCUT2D eigenvalue weighted by Crippen LogP contribution is 2.18. The molecule has 132 valence electrons. The van der Waals surface area contributed by atoms with Crippen LogP contribution in [0.2, 0.25) is 0 Å². The molecule has 5 nitrogen and oxygen atoms in total. The van der Waals surface area contributed by atoms with Crippen molar-refractivity contribution in [2.45, 2.75) is 13.5 Å². The number of aryl methyl sites for hydroxylation is 1. The number of amides is 1. The number of carbonyl (C=O) groups is 1. The van der Waals surface area contributed by atoms with E-state index in [1.165, 1.54) is 12.1 Å². The molecule has 3 rings (SSSR count). The monoisotopic (exact) mass is 354 g/mol. The van der Waals surface area contributed by atoms with Crippen molar-refractivity contribution in [1.29, 1.82) is 0 Å². The Kier molecular flexibility index (Phi) is 5.17. The Morgan fingerprint density at radius 2 is 1.73 bits per heavy atom. The number of anilines is 2. The van der Waals surface area contributed by atoms with Crippen molar-refractivity contribution in [3.05, 3.63) is 83.1 Å². The zero-order chi connectivity index (χ0) is 18.5. The van der Waals surface area contributed by atoms with Gasteiger partial charge in [-0.05, 0) is 36.8 Å². The second-order valence-corrected chi connectivity index (χ2v) is 5.70. The van der Waals surface area contributed by atoms with Crippen molar-refractivity contribution in [3.8, 4) is 0 Å². The molecular weight excluding hydrogens is 338 g/mol. The molecule has 0 fully saturated rings. The first-order valence-electron chi connectivity index (χ1n) is 7.91. The SMILES string of the molecule is Cc1cccc(CNc2ccc(C(=O)Nc3c(F)cccc3F)nn2)c1. The highest BCUT2D eigenvalue weighted by molar-refractivity contribution is 6.02. The summed E-state index contributed by atoms with van der Waals surface area (Å²) in [6.07, 6.45) is 0. The van der Waals surface area contributed by atoms with E-state index in [0.29, 0.717) is 12.4 Å². The van der Waals surface area contributed by atoms with Crippen LogP contribution in [0.25, 0.3) is 0 Å². The van der Waals surface area contributed by atoms with E-state index in [-0.39, 0.29) is 5.69 Å². The fraction of sp³-hybridized carbons (Fsp3) is 0.105. The molecule has 1 heterocycles. The fourth-order valence-corrected chi connectivity index (χ4v) is 2.36. The molecule has 3 aromatic rings. The predicted molar refractivity (Wildman–Crippen MR) is 94.8 cm³/mol. The smallest absolute Gasteiger partial charge is 0.276 e. The van der Waals surface area contributed by atoms with Crippen molar-refractivity contribution < 1.29 is 13.6 Å². The minimum Gasteiger partial charge on any atom is -0.365 e. The lowest BCUT2D eigenvalue weighted by Gasteiger charge is -2.08. The third-order valence-electron chi connectivity index (χ3n) is 3.65. The maximum absolute atomic E-state index is 13.6. The summed E-state index contributed by atoms with van der Waals surface area (Å²) in [6, 6.07) is 14.3. The average Bonchev–Trinajstić information content (AvgIpc) is 2.63. The molecule has 2 aromatic carbocycles. The van der Waals surface area contributed by atoms with Crippen LogP contribution in [0.4, 0.5) is 20.3 Å². The lowest BCUT2D eigenvalue weighted by atomic mass is 10.1. The van der Waals surface area contributed by atoms with Gasteiger partial charge in [0, 0.05) is 6.54 Å². The number of halogens is 2. The first kappa shape index (κ1) is 17.5. The molecule has 0 unspecified atom stereocenters. The van der Waals surface area contributed by atoms with Crippen LogP contribution >= 0.6 is 0 Å². The van der Waals surface area contributed by atoms with E-state index in [2.05, 4.69) is 20.8 Å². The summed E-state index contributed by atoms with van der Waals surface area (Å²) < 4.78 is 27.2. The van der Waals surface area contributed by atoms with Crippen molar-refractivity contribution in [2.24, 2.45) is 0 Å². The van der Waals surface area contributed by atoms with Crippen molar-refractivity contribution in [3.63, 3.8) is 0 Å². The molecule has 0 aliphatic heterocycles. The fourth-order valence-electron chi connectivity index (χ4n) is 2.36. The molecule has 0 saturated carbocycles. The first-order chi connectivity index (χ1) is 12.5. The van der Waals surface area contributed by atoms with Crippen LogP contribution in [-0.4, -0.2) is 16.1 Å². The lowest BCUT2D eigenvalue weighted by molar-refractivity contribution is 0.102. The van der Waals surface area contributed by atoms with E-state index in [1.807, 2.05) is 31.2 Å². The second kappa shape index (κ2) is 7.69. The van der Waals surface area contributed by atoms with Gasteiger partial charge < -0.3 is 10.6 Å². The van der Waals surface area contributed by atoms with Gasteiger partial charge >= 0.3 is 0 Å². The molecular formula is C19H16F2N4O. The number of nitrogens with zero attached hydrogens (tertiary/aromatic N) is 2. The number of hydrogen-bond acceptors (Lipinski definition) is 4. The third kappa shape index (κ3) is 4.18. The molecule has 0 bridgehead atoms. The summed E-state index contributed by atoms with van der Waals surface area (Å²) in [7, 11) is 0. The number of benzene rings is 2. The van der Waals surface area contributed by atoms with Crippen LogP contribution in [0.5, 0.6) is 0 Å². The Hall–Kier alpha value is -3.35. The van der Waals surface area contributed by atoms with E-state index in [4.69, 9.17) is 0 Å². The van der Waals surface area contributed by atoms with Crippen LogP contribution in [0.3, 0.4) is 0 Å². The maximum Gasteiger partial charge on any atom is 0.276 e. The van der Waals surface area contributed by atoms with Crippen LogP contribution in [0.15, 0.2) is 54.6 Å². The molecule has 1 amide bonds. The molecule has 0 aliphatic rings. The molecule has 7 heteroatoms. The topological polar surface area (TPSA) is 66.9 Å². The van der Waals surface area contributed by atoms with Gasteiger partial charge in [-0.3, -0.25) is 4.79 Å². The van der Waals surface area contributed by atoms with Gasteiger partial charge in [-0.2, -0.15) is 0 Å². The lowest BCUT2D eigenvalue weighted by Crippen LogP contribution is -2.16. The zero-order valence-electron chi connectivity index (χ0n) is 14.0. The number of carbonyl (C=O) groups excluding carboxylic acids is 1. The molecule has 0 radical (unpaired) electrons. The van der Waals surface area contributed by atoms with Gasteiger partial charge in [-0.25, -0.2) is 8.78 Å². The van der Waals surface area contributed by atoms with Gasteiger partial charge in [0.05, 0.1) is 0 Å². The third-order valence-corrected chi connectivity index (χ3v) is 3.65. The second-order valence-electron chi connectivity index (χ2n) is 5.70. The molecule has 0 saturated heterocycles. The summed E-state index contributed by atoms with van der Waals surface area (Å²) in [5, 5.41) is 13.0. The first-order valence-corrected chi connectivity index (χ1v) is 7.91. The quantitative estimate of drug-likeness (QED) is 0.729. The van der Waals surface area contributed by atoms with E-state index < -0.39 is 23.2 Å². The molecule has 2 N–H and O–H groups in total. The molecule has 26 heavy (non-hydrogen) atoms. The summed E-state index contributed by atoms with van der Waals surface area (Å²) in [4.78, 5) is 12.1.